The fourth-order valence-corrected chi connectivity index (χ4v) is 3.37. The van der Waals surface area contributed by atoms with Crippen molar-refractivity contribution in [2.45, 2.75) is 52.4 Å². The summed E-state index contributed by atoms with van der Waals surface area (Å²) in [7, 11) is 1.63. The molecule has 144 valence electrons. The van der Waals surface area contributed by atoms with Crippen LogP contribution in [0.25, 0.3) is 0 Å². The van der Waals surface area contributed by atoms with E-state index in [1.165, 1.54) is 0 Å². The topological polar surface area (TPSA) is 50.8 Å². The molecule has 3 rings (SSSR count). The van der Waals surface area contributed by atoms with Gasteiger partial charge in [-0.1, -0.05) is 25.1 Å². The summed E-state index contributed by atoms with van der Waals surface area (Å²) in [6.07, 6.45) is 0.671. The van der Waals surface area contributed by atoms with Gasteiger partial charge in [0, 0.05) is 11.7 Å². The quantitative estimate of drug-likeness (QED) is 0.792. The lowest BCUT2D eigenvalue weighted by molar-refractivity contribution is 0.0593. The maximum atomic E-state index is 13.2. The molecular weight excluding hydrogens is 340 g/mol. The van der Waals surface area contributed by atoms with Crippen LogP contribution in [0.3, 0.4) is 0 Å². The monoisotopic (exact) mass is 368 g/mol. The maximum Gasteiger partial charge on any atom is 0.258 e. The third-order valence-corrected chi connectivity index (χ3v) is 4.89. The largest absolute Gasteiger partial charge is 0.493 e. The average molecular weight is 368 g/mol. The minimum Gasteiger partial charge on any atom is -0.493 e. The molecule has 1 aliphatic heterocycles. The normalized spacial score (nSPS) is 17.3. The lowest BCUT2D eigenvalue weighted by atomic mass is 10.0. The van der Waals surface area contributed by atoms with E-state index in [1.54, 1.807) is 7.11 Å². The molecule has 1 heterocycles. The first-order valence-electron chi connectivity index (χ1n) is 9.49. The second-order valence-corrected chi connectivity index (χ2v) is 7.14. The molecule has 0 radical (unpaired) electrons. The number of rotatable bonds is 6. The molecule has 2 atom stereocenters. The van der Waals surface area contributed by atoms with Crippen molar-refractivity contribution in [3.8, 4) is 11.5 Å². The van der Waals surface area contributed by atoms with Crippen molar-refractivity contribution in [2.24, 2.45) is 0 Å². The molecule has 2 aromatic carbocycles. The van der Waals surface area contributed by atoms with E-state index in [1.807, 2.05) is 61.2 Å². The summed E-state index contributed by atoms with van der Waals surface area (Å²) in [5, 5.41) is 3.53. The number of benzene rings is 2. The summed E-state index contributed by atoms with van der Waals surface area (Å²) < 4.78 is 11.4. The van der Waals surface area contributed by atoms with Crippen LogP contribution in [-0.2, 0) is 0 Å². The number of ether oxygens (including phenoxy) is 2. The first-order chi connectivity index (χ1) is 13.0. The molecule has 1 amide bonds. The van der Waals surface area contributed by atoms with E-state index in [4.69, 9.17) is 9.47 Å². The van der Waals surface area contributed by atoms with E-state index in [0.717, 1.165) is 17.7 Å². The van der Waals surface area contributed by atoms with E-state index in [0.29, 0.717) is 17.1 Å². The number of carbonyl (C=O) groups is 1. The SMILES string of the molecule is CCC(C)N1C(=O)c2ccccc2NC1c1ccc(OC(C)C)c(OC)c1. The van der Waals surface area contributed by atoms with Gasteiger partial charge in [0.15, 0.2) is 11.5 Å². The molecule has 0 bridgehead atoms. The van der Waals surface area contributed by atoms with Crippen LogP contribution in [0.2, 0.25) is 0 Å². The molecule has 27 heavy (non-hydrogen) atoms. The van der Waals surface area contributed by atoms with Crippen LogP contribution in [0.5, 0.6) is 11.5 Å². The minimum absolute atomic E-state index is 0.0465. The van der Waals surface area contributed by atoms with Gasteiger partial charge >= 0.3 is 0 Å². The number of para-hydroxylation sites is 1. The Morgan fingerprint density at radius 3 is 2.52 bits per heavy atom. The van der Waals surface area contributed by atoms with Crippen LogP contribution < -0.4 is 14.8 Å². The van der Waals surface area contributed by atoms with Gasteiger partial charge in [-0.25, -0.2) is 0 Å². The number of anilines is 1. The highest BCUT2D eigenvalue weighted by molar-refractivity contribution is 6.01. The van der Waals surface area contributed by atoms with Crippen molar-refractivity contribution in [2.75, 3.05) is 12.4 Å². The van der Waals surface area contributed by atoms with Crippen molar-refractivity contribution in [3.63, 3.8) is 0 Å². The van der Waals surface area contributed by atoms with Crippen LogP contribution in [0.1, 0.15) is 56.2 Å². The fourth-order valence-electron chi connectivity index (χ4n) is 3.37. The number of amides is 1. The smallest absolute Gasteiger partial charge is 0.258 e. The van der Waals surface area contributed by atoms with Crippen molar-refractivity contribution >= 4 is 11.6 Å². The summed E-state index contributed by atoms with van der Waals surface area (Å²) in [5.74, 6) is 1.41. The first kappa shape index (κ1) is 19.1. The third kappa shape index (κ3) is 3.72. The van der Waals surface area contributed by atoms with Gasteiger partial charge in [-0.2, -0.15) is 0 Å². The zero-order valence-electron chi connectivity index (χ0n) is 16.7. The lowest BCUT2D eigenvalue weighted by Crippen LogP contribution is -2.47. The number of methoxy groups -OCH3 is 1. The van der Waals surface area contributed by atoms with E-state index in [-0.39, 0.29) is 24.2 Å². The van der Waals surface area contributed by atoms with Crippen LogP contribution in [-0.4, -0.2) is 30.1 Å². The van der Waals surface area contributed by atoms with Gasteiger partial charge in [0.05, 0.1) is 18.8 Å². The fraction of sp³-hybridized carbons (Fsp3) is 0.409. The second kappa shape index (κ2) is 7.91. The Hall–Kier alpha value is -2.69. The number of nitrogens with one attached hydrogen (secondary N) is 1. The number of hydrogen-bond acceptors (Lipinski definition) is 4. The van der Waals surface area contributed by atoms with E-state index >= 15 is 0 Å². The molecular formula is C22H28N2O3. The van der Waals surface area contributed by atoms with Crippen LogP contribution in [0.4, 0.5) is 5.69 Å². The Bertz CT molecular complexity index is 819. The van der Waals surface area contributed by atoms with E-state index < -0.39 is 0 Å². The van der Waals surface area contributed by atoms with Crippen LogP contribution >= 0.6 is 0 Å². The zero-order chi connectivity index (χ0) is 19.6. The summed E-state index contributed by atoms with van der Waals surface area (Å²) >= 11 is 0. The molecule has 0 fully saturated rings. The molecule has 5 heteroatoms. The van der Waals surface area contributed by atoms with Gasteiger partial charge in [-0.15, -0.1) is 0 Å². The average Bonchev–Trinajstić information content (AvgIpc) is 2.67. The summed E-state index contributed by atoms with van der Waals surface area (Å²) in [4.78, 5) is 15.1. The zero-order valence-corrected chi connectivity index (χ0v) is 16.7. The number of carbonyl (C=O) groups excluding carboxylic acids is 1. The Labute approximate surface area is 161 Å². The van der Waals surface area contributed by atoms with Gasteiger partial charge < -0.3 is 19.7 Å². The van der Waals surface area contributed by atoms with E-state index in [9.17, 15) is 4.79 Å². The summed E-state index contributed by atoms with van der Waals surface area (Å²) in [6, 6.07) is 13.6. The number of fused-ring (bicyclic) bond motifs is 1. The highest BCUT2D eigenvalue weighted by Gasteiger charge is 2.35. The maximum absolute atomic E-state index is 13.2. The van der Waals surface area contributed by atoms with Crippen molar-refractivity contribution in [1.29, 1.82) is 0 Å². The van der Waals surface area contributed by atoms with Crippen LogP contribution in [0.15, 0.2) is 42.5 Å². The predicted octanol–water partition coefficient (Wildman–Crippen LogP) is 4.85. The molecule has 0 aliphatic carbocycles. The number of hydrogen-bond donors (Lipinski definition) is 1. The second-order valence-electron chi connectivity index (χ2n) is 7.14. The van der Waals surface area contributed by atoms with Crippen LogP contribution in [0, 0.1) is 0 Å². The predicted molar refractivity (Wildman–Crippen MR) is 107 cm³/mol. The van der Waals surface area contributed by atoms with Crippen molar-refractivity contribution < 1.29 is 14.3 Å². The Balaban J connectivity index is 2.04. The summed E-state index contributed by atoms with van der Waals surface area (Å²) in [6.45, 7) is 8.14. The summed E-state index contributed by atoms with van der Waals surface area (Å²) in [5.41, 5.74) is 2.53. The highest BCUT2D eigenvalue weighted by atomic mass is 16.5. The number of nitrogens with zero attached hydrogens (tertiary/aromatic N) is 1. The molecule has 1 N–H and O–H groups in total. The van der Waals surface area contributed by atoms with E-state index in [2.05, 4.69) is 19.2 Å². The van der Waals surface area contributed by atoms with Gasteiger partial charge in [0.2, 0.25) is 0 Å². The van der Waals surface area contributed by atoms with Gasteiger partial charge in [0.1, 0.15) is 6.17 Å². The Morgan fingerprint density at radius 1 is 1.11 bits per heavy atom. The molecule has 1 aliphatic rings. The first-order valence-corrected chi connectivity index (χ1v) is 9.49. The van der Waals surface area contributed by atoms with Crippen molar-refractivity contribution in [1.82, 2.24) is 4.90 Å². The van der Waals surface area contributed by atoms with Crippen molar-refractivity contribution in [3.05, 3.63) is 53.6 Å². The van der Waals surface area contributed by atoms with Gasteiger partial charge in [-0.3, -0.25) is 4.79 Å². The molecule has 0 aromatic heterocycles. The molecule has 2 unspecified atom stereocenters. The lowest BCUT2D eigenvalue weighted by Gasteiger charge is -2.41. The molecule has 0 saturated heterocycles. The standard InChI is InChI=1S/C22H28N2O3/c1-6-15(4)24-21(23-18-10-8-7-9-17(18)22(24)25)16-11-12-19(27-14(2)3)20(13-16)26-5/h7-15,21,23H,6H2,1-5H3. The van der Waals surface area contributed by atoms with Gasteiger partial charge in [0.25, 0.3) is 5.91 Å². The Kier molecular flexibility index (Phi) is 5.59. The Morgan fingerprint density at radius 2 is 1.85 bits per heavy atom. The minimum atomic E-state index is -0.260. The highest BCUT2D eigenvalue weighted by Crippen LogP contribution is 2.38. The van der Waals surface area contributed by atoms with Gasteiger partial charge in [-0.05, 0) is 57.0 Å². The third-order valence-electron chi connectivity index (χ3n) is 4.89. The molecule has 0 saturated carbocycles. The molecule has 2 aromatic rings. The molecule has 0 spiro atoms. The molecule has 5 nitrogen and oxygen atoms in total.